The van der Waals surface area contributed by atoms with E-state index in [1.807, 2.05) is 62.7 Å². The van der Waals surface area contributed by atoms with Gasteiger partial charge in [-0.1, -0.05) is 24.3 Å². The minimum Gasteiger partial charge on any atom is -0.399 e. The van der Waals surface area contributed by atoms with Gasteiger partial charge in [-0.05, 0) is 38.7 Å². The van der Waals surface area contributed by atoms with Crippen LogP contribution < -0.4 is 5.46 Å². The van der Waals surface area contributed by atoms with E-state index in [0.717, 1.165) is 17.6 Å². The smallest absolute Gasteiger partial charge is 0.399 e. The number of hydrogen-bond acceptors (Lipinski definition) is 4. The topological polar surface area (TPSA) is 56.5 Å². The molecule has 0 amide bonds. The average Bonchev–Trinajstić information content (AvgIpc) is 3.16. The molecular formula is C18H23BN2O3. The van der Waals surface area contributed by atoms with E-state index in [1.54, 1.807) is 6.20 Å². The van der Waals surface area contributed by atoms with E-state index in [4.69, 9.17) is 9.31 Å². The highest BCUT2D eigenvalue weighted by Crippen LogP contribution is 2.39. The second kappa shape index (κ2) is 4.94. The number of imidazole rings is 1. The SMILES string of the molecule is CC1(C)OB(c2cccc([C@@]3(O)CCn4ccnc43)c2)OC1(C)C. The van der Waals surface area contributed by atoms with Gasteiger partial charge in [0.15, 0.2) is 0 Å². The van der Waals surface area contributed by atoms with E-state index in [9.17, 15) is 5.11 Å². The fraction of sp³-hybridized carbons (Fsp3) is 0.500. The lowest BCUT2D eigenvalue weighted by Gasteiger charge is -2.32. The van der Waals surface area contributed by atoms with Crippen LogP contribution in [0.15, 0.2) is 36.7 Å². The molecule has 4 rings (SSSR count). The van der Waals surface area contributed by atoms with Gasteiger partial charge in [-0.15, -0.1) is 0 Å². The molecular weight excluding hydrogens is 303 g/mol. The molecule has 2 aromatic rings. The van der Waals surface area contributed by atoms with Crippen LogP contribution in [0.5, 0.6) is 0 Å². The van der Waals surface area contributed by atoms with Crippen molar-refractivity contribution in [1.82, 2.24) is 9.55 Å². The third kappa shape index (κ3) is 2.17. The third-order valence-corrected chi connectivity index (χ3v) is 5.69. The second-order valence-corrected chi connectivity index (χ2v) is 7.77. The van der Waals surface area contributed by atoms with Crippen molar-refractivity contribution < 1.29 is 14.4 Å². The summed E-state index contributed by atoms with van der Waals surface area (Å²) in [4.78, 5) is 4.35. The van der Waals surface area contributed by atoms with Crippen molar-refractivity contribution in [3.63, 3.8) is 0 Å². The van der Waals surface area contributed by atoms with Crippen LogP contribution in [0.2, 0.25) is 0 Å². The summed E-state index contributed by atoms with van der Waals surface area (Å²) in [5.41, 5.74) is -0.0600. The lowest BCUT2D eigenvalue weighted by molar-refractivity contribution is 0.00578. The molecule has 126 valence electrons. The van der Waals surface area contributed by atoms with Crippen molar-refractivity contribution in [3.8, 4) is 0 Å². The van der Waals surface area contributed by atoms with Crippen LogP contribution in [0.3, 0.4) is 0 Å². The Kier molecular flexibility index (Phi) is 3.27. The van der Waals surface area contributed by atoms with Crippen molar-refractivity contribution in [2.45, 2.75) is 57.5 Å². The highest BCUT2D eigenvalue weighted by Gasteiger charge is 2.52. The van der Waals surface area contributed by atoms with Gasteiger partial charge in [0.05, 0.1) is 11.2 Å². The Labute approximate surface area is 142 Å². The van der Waals surface area contributed by atoms with Gasteiger partial charge in [0, 0.05) is 25.4 Å². The summed E-state index contributed by atoms with van der Waals surface area (Å²) in [5.74, 6) is 0.702. The number of benzene rings is 1. The summed E-state index contributed by atoms with van der Waals surface area (Å²) >= 11 is 0. The van der Waals surface area contributed by atoms with E-state index in [2.05, 4.69) is 4.98 Å². The maximum atomic E-state index is 11.2. The second-order valence-electron chi connectivity index (χ2n) is 7.77. The number of aliphatic hydroxyl groups is 1. The van der Waals surface area contributed by atoms with E-state index in [0.29, 0.717) is 12.2 Å². The molecule has 24 heavy (non-hydrogen) atoms. The molecule has 2 aliphatic rings. The molecule has 1 N–H and O–H groups in total. The lowest BCUT2D eigenvalue weighted by atomic mass is 9.76. The highest BCUT2D eigenvalue weighted by molar-refractivity contribution is 6.62. The van der Waals surface area contributed by atoms with Crippen molar-refractivity contribution in [2.75, 3.05) is 0 Å². The van der Waals surface area contributed by atoms with Crippen LogP contribution in [0, 0.1) is 0 Å². The standard InChI is InChI=1S/C18H23BN2O3/c1-16(2)17(3,4)24-19(23-16)14-7-5-6-13(12-14)18(22)8-10-21-11-9-20-15(18)21/h5-7,9,11-12,22H,8,10H2,1-4H3/t18-/m0/s1. The van der Waals surface area contributed by atoms with Gasteiger partial charge in [-0.3, -0.25) is 0 Å². The average molecular weight is 326 g/mol. The number of aryl methyl sites for hydroxylation is 1. The summed E-state index contributed by atoms with van der Waals surface area (Å²) in [5, 5.41) is 11.2. The first-order valence-electron chi connectivity index (χ1n) is 8.43. The molecule has 1 aromatic heterocycles. The Morgan fingerprint density at radius 1 is 1.17 bits per heavy atom. The number of hydrogen-bond donors (Lipinski definition) is 1. The molecule has 0 radical (unpaired) electrons. The highest BCUT2D eigenvalue weighted by atomic mass is 16.7. The van der Waals surface area contributed by atoms with Gasteiger partial charge in [0.25, 0.3) is 0 Å². The minimum absolute atomic E-state index is 0.381. The van der Waals surface area contributed by atoms with Gasteiger partial charge in [0.2, 0.25) is 0 Å². The predicted molar refractivity (Wildman–Crippen MR) is 92.0 cm³/mol. The maximum Gasteiger partial charge on any atom is 0.494 e. The summed E-state index contributed by atoms with van der Waals surface area (Å²) in [6.07, 6.45) is 4.27. The van der Waals surface area contributed by atoms with Crippen molar-refractivity contribution >= 4 is 12.6 Å². The summed E-state index contributed by atoms with van der Waals surface area (Å²) in [6.45, 7) is 8.93. The van der Waals surface area contributed by atoms with Gasteiger partial charge in [0.1, 0.15) is 11.4 Å². The Bertz CT molecular complexity index is 770. The van der Waals surface area contributed by atoms with Crippen molar-refractivity contribution in [1.29, 1.82) is 0 Å². The molecule has 1 saturated heterocycles. The summed E-state index contributed by atoms with van der Waals surface area (Å²) in [6, 6.07) is 7.85. The quantitative estimate of drug-likeness (QED) is 0.856. The number of nitrogens with zero attached hydrogens (tertiary/aromatic N) is 2. The fourth-order valence-electron chi connectivity index (χ4n) is 3.44. The molecule has 0 unspecified atom stereocenters. The zero-order valence-electron chi connectivity index (χ0n) is 14.6. The van der Waals surface area contributed by atoms with Gasteiger partial charge >= 0.3 is 7.12 Å². The third-order valence-electron chi connectivity index (χ3n) is 5.69. The predicted octanol–water partition coefficient (Wildman–Crippen LogP) is 1.82. The zero-order chi connectivity index (χ0) is 17.2. The molecule has 6 heteroatoms. The summed E-state index contributed by atoms with van der Waals surface area (Å²) in [7, 11) is -0.431. The molecule has 0 saturated carbocycles. The molecule has 1 fully saturated rings. The normalized spacial score (nSPS) is 27.5. The first-order chi connectivity index (χ1) is 11.2. The van der Waals surface area contributed by atoms with E-state index in [1.165, 1.54) is 0 Å². The summed E-state index contributed by atoms with van der Waals surface area (Å²) < 4.78 is 14.3. The number of rotatable bonds is 2. The molecule has 0 bridgehead atoms. The Hall–Kier alpha value is -1.63. The Morgan fingerprint density at radius 3 is 2.58 bits per heavy atom. The van der Waals surface area contributed by atoms with Gasteiger partial charge < -0.3 is 19.0 Å². The van der Waals surface area contributed by atoms with Gasteiger partial charge in [-0.2, -0.15) is 0 Å². The van der Waals surface area contributed by atoms with Crippen LogP contribution in [0.25, 0.3) is 0 Å². The molecule has 1 aromatic carbocycles. The first kappa shape index (κ1) is 15.9. The van der Waals surface area contributed by atoms with E-state index < -0.39 is 12.7 Å². The zero-order valence-corrected chi connectivity index (χ0v) is 14.6. The van der Waals surface area contributed by atoms with Crippen molar-refractivity contribution in [2.24, 2.45) is 0 Å². The Balaban J connectivity index is 1.69. The molecule has 3 heterocycles. The van der Waals surface area contributed by atoms with Crippen LogP contribution in [0.4, 0.5) is 0 Å². The molecule has 5 nitrogen and oxygen atoms in total. The number of aromatic nitrogens is 2. The monoisotopic (exact) mass is 326 g/mol. The fourth-order valence-corrected chi connectivity index (χ4v) is 3.44. The molecule has 0 spiro atoms. The first-order valence-corrected chi connectivity index (χ1v) is 8.43. The molecule has 0 aliphatic carbocycles. The Morgan fingerprint density at radius 2 is 1.88 bits per heavy atom. The molecule has 2 aliphatic heterocycles. The lowest BCUT2D eigenvalue weighted by Crippen LogP contribution is -2.41. The van der Waals surface area contributed by atoms with Crippen LogP contribution in [-0.4, -0.2) is 33.0 Å². The van der Waals surface area contributed by atoms with Crippen molar-refractivity contribution in [3.05, 3.63) is 48.0 Å². The van der Waals surface area contributed by atoms with Gasteiger partial charge in [-0.25, -0.2) is 4.98 Å². The largest absolute Gasteiger partial charge is 0.494 e. The van der Waals surface area contributed by atoms with Crippen LogP contribution in [0.1, 0.15) is 45.5 Å². The maximum absolute atomic E-state index is 11.2. The van der Waals surface area contributed by atoms with Crippen LogP contribution >= 0.6 is 0 Å². The van der Waals surface area contributed by atoms with E-state index in [-0.39, 0.29) is 11.2 Å². The van der Waals surface area contributed by atoms with Crippen LogP contribution in [-0.2, 0) is 21.5 Å². The molecule has 1 atom stereocenters. The number of fused-ring (bicyclic) bond motifs is 1. The van der Waals surface area contributed by atoms with E-state index >= 15 is 0 Å². The minimum atomic E-state index is -1.05.